The molecule has 0 radical (unpaired) electrons. The monoisotopic (exact) mass is 339 g/mol. The molecule has 2 amide bonds. The highest BCUT2D eigenvalue weighted by Gasteiger charge is 2.27. The molecule has 1 aromatic heterocycles. The first kappa shape index (κ1) is 15.3. The van der Waals surface area contributed by atoms with Gasteiger partial charge >= 0.3 is 0 Å². The lowest BCUT2D eigenvalue weighted by Crippen LogP contribution is -2.37. The van der Waals surface area contributed by atoms with Crippen LogP contribution in [0.3, 0.4) is 0 Å². The number of aromatic nitrogens is 1. The average Bonchev–Trinajstić information content (AvgIpc) is 3.21. The molecular formula is C18H14FN3O3. The molecule has 6 nitrogen and oxygen atoms in total. The Labute approximate surface area is 142 Å². The smallest absolute Gasteiger partial charge is 0.246 e. The summed E-state index contributed by atoms with van der Waals surface area (Å²) in [6.45, 7) is 0. The first-order valence-corrected chi connectivity index (χ1v) is 7.85. The van der Waals surface area contributed by atoms with E-state index >= 15 is 0 Å². The van der Waals surface area contributed by atoms with Gasteiger partial charge in [0.1, 0.15) is 17.4 Å². The molecule has 3 aromatic rings. The molecule has 2 heterocycles. The highest BCUT2D eigenvalue weighted by Crippen LogP contribution is 2.26. The highest BCUT2D eigenvalue weighted by atomic mass is 19.1. The normalized spacial score (nSPS) is 16.8. The molecule has 1 aliphatic heterocycles. The van der Waals surface area contributed by atoms with Gasteiger partial charge in [-0.25, -0.2) is 9.37 Å². The van der Waals surface area contributed by atoms with Crippen LogP contribution in [0.1, 0.15) is 12.8 Å². The van der Waals surface area contributed by atoms with Gasteiger partial charge in [0.25, 0.3) is 0 Å². The number of rotatable bonds is 3. The van der Waals surface area contributed by atoms with E-state index in [-0.39, 0.29) is 17.6 Å². The number of hydrogen-bond donors (Lipinski definition) is 2. The average molecular weight is 339 g/mol. The molecule has 25 heavy (non-hydrogen) atoms. The van der Waals surface area contributed by atoms with Crippen molar-refractivity contribution in [3.8, 4) is 11.5 Å². The first-order chi connectivity index (χ1) is 12.1. The van der Waals surface area contributed by atoms with Crippen LogP contribution in [0, 0.1) is 5.82 Å². The third-order valence-corrected chi connectivity index (χ3v) is 4.06. The number of benzene rings is 2. The number of anilines is 1. The van der Waals surface area contributed by atoms with Crippen LogP contribution in [0.25, 0.3) is 22.6 Å². The number of carbonyl (C=O) groups excluding carboxylic acids is 2. The van der Waals surface area contributed by atoms with E-state index in [2.05, 4.69) is 15.6 Å². The predicted molar refractivity (Wildman–Crippen MR) is 89.2 cm³/mol. The summed E-state index contributed by atoms with van der Waals surface area (Å²) in [6.07, 6.45) is 0.851. The van der Waals surface area contributed by atoms with Crippen LogP contribution in [-0.4, -0.2) is 22.8 Å². The Balaban J connectivity index is 1.57. The van der Waals surface area contributed by atoms with Crippen molar-refractivity contribution in [1.29, 1.82) is 0 Å². The Morgan fingerprint density at radius 1 is 1.24 bits per heavy atom. The molecule has 2 N–H and O–H groups in total. The molecule has 1 fully saturated rings. The number of amides is 2. The summed E-state index contributed by atoms with van der Waals surface area (Å²) >= 11 is 0. The largest absolute Gasteiger partial charge is 0.436 e. The maximum atomic E-state index is 13.0. The lowest BCUT2D eigenvalue weighted by Gasteiger charge is -2.10. The molecule has 0 saturated carbocycles. The second-order valence-electron chi connectivity index (χ2n) is 5.86. The van der Waals surface area contributed by atoms with Crippen molar-refractivity contribution in [2.45, 2.75) is 18.9 Å². The van der Waals surface area contributed by atoms with Gasteiger partial charge in [0, 0.05) is 23.7 Å². The topological polar surface area (TPSA) is 84.2 Å². The molecule has 0 spiro atoms. The van der Waals surface area contributed by atoms with Gasteiger partial charge in [0.05, 0.1) is 0 Å². The number of hydrogen-bond acceptors (Lipinski definition) is 4. The zero-order chi connectivity index (χ0) is 17.4. The highest BCUT2D eigenvalue weighted by molar-refractivity contribution is 5.99. The Morgan fingerprint density at radius 2 is 2.04 bits per heavy atom. The molecule has 1 saturated heterocycles. The Bertz CT molecular complexity index is 965. The van der Waals surface area contributed by atoms with E-state index in [0.29, 0.717) is 41.1 Å². The molecule has 126 valence electrons. The summed E-state index contributed by atoms with van der Waals surface area (Å²) in [6, 6.07) is 10.5. The molecule has 7 heteroatoms. The molecular weight excluding hydrogens is 325 g/mol. The summed E-state index contributed by atoms with van der Waals surface area (Å²) in [5.74, 6) is -0.330. The molecule has 0 bridgehead atoms. The predicted octanol–water partition coefficient (Wildman–Crippen LogP) is 2.85. The fourth-order valence-corrected chi connectivity index (χ4v) is 2.76. The number of carbonyl (C=O) groups is 2. The van der Waals surface area contributed by atoms with E-state index in [1.165, 1.54) is 12.1 Å². The lowest BCUT2D eigenvalue weighted by atomic mass is 10.2. The van der Waals surface area contributed by atoms with Crippen LogP contribution in [0.4, 0.5) is 10.1 Å². The minimum absolute atomic E-state index is 0.116. The van der Waals surface area contributed by atoms with Crippen LogP contribution >= 0.6 is 0 Å². The van der Waals surface area contributed by atoms with Crippen molar-refractivity contribution < 1.29 is 18.4 Å². The molecule has 1 aliphatic rings. The third-order valence-electron chi connectivity index (χ3n) is 4.06. The van der Waals surface area contributed by atoms with Crippen molar-refractivity contribution in [1.82, 2.24) is 10.3 Å². The fraction of sp³-hybridized carbons (Fsp3) is 0.167. The second kappa shape index (κ2) is 6.01. The van der Waals surface area contributed by atoms with Gasteiger partial charge in [-0.15, -0.1) is 0 Å². The van der Waals surface area contributed by atoms with Crippen LogP contribution in [0.2, 0.25) is 0 Å². The van der Waals surface area contributed by atoms with Crippen LogP contribution in [-0.2, 0) is 9.59 Å². The quantitative estimate of drug-likeness (QED) is 0.768. The molecule has 0 unspecified atom stereocenters. The van der Waals surface area contributed by atoms with Gasteiger partial charge in [-0.2, -0.15) is 0 Å². The zero-order valence-electron chi connectivity index (χ0n) is 13.1. The standard InChI is InChI=1S/C18H14FN3O3/c19-11-3-1-10(2-4-11)18-22-13-6-5-12(9-15(13)25-18)20-17(24)14-7-8-16(23)21-14/h1-6,9,14H,7-8H2,(H,20,24)(H,21,23)/t14-/m1/s1. The fourth-order valence-electron chi connectivity index (χ4n) is 2.76. The lowest BCUT2D eigenvalue weighted by molar-refractivity contribution is -0.122. The van der Waals surface area contributed by atoms with Gasteiger partial charge in [0.2, 0.25) is 17.7 Å². The van der Waals surface area contributed by atoms with Crippen molar-refractivity contribution in [3.05, 3.63) is 48.3 Å². The van der Waals surface area contributed by atoms with Gasteiger partial charge in [-0.1, -0.05) is 0 Å². The van der Waals surface area contributed by atoms with E-state index in [4.69, 9.17) is 4.42 Å². The molecule has 0 aliphatic carbocycles. The zero-order valence-corrected chi connectivity index (χ0v) is 13.1. The SMILES string of the molecule is O=C1CC[C@H](C(=O)Nc2ccc3nc(-c4ccc(F)cc4)oc3c2)N1. The minimum Gasteiger partial charge on any atom is -0.436 e. The van der Waals surface area contributed by atoms with Crippen molar-refractivity contribution in [2.75, 3.05) is 5.32 Å². The van der Waals surface area contributed by atoms with Crippen LogP contribution in [0.5, 0.6) is 0 Å². The maximum Gasteiger partial charge on any atom is 0.246 e. The summed E-state index contributed by atoms with van der Waals surface area (Å²) < 4.78 is 18.7. The second-order valence-corrected chi connectivity index (χ2v) is 5.86. The van der Waals surface area contributed by atoms with Gasteiger partial charge in [-0.05, 0) is 42.8 Å². The van der Waals surface area contributed by atoms with E-state index in [0.717, 1.165) is 0 Å². The third kappa shape index (κ3) is 3.08. The number of halogens is 1. The number of oxazole rings is 1. The maximum absolute atomic E-state index is 13.0. The molecule has 4 rings (SSSR count). The van der Waals surface area contributed by atoms with Gasteiger partial charge in [0.15, 0.2) is 5.58 Å². The van der Waals surface area contributed by atoms with E-state index in [1.54, 1.807) is 30.3 Å². The van der Waals surface area contributed by atoms with Crippen LogP contribution in [0.15, 0.2) is 46.9 Å². The van der Waals surface area contributed by atoms with E-state index < -0.39 is 6.04 Å². The summed E-state index contributed by atoms with van der Waals surface area (Å²) in [5.41, 5.74) is 2.36. The van der Waals surface area contributed by atoms with Crippen LogP contribution < -0.4 is 10.6 Å². The number of nitrogens with one attached hydrogen (secondary N) is 2. The molecule has 1 atom stereocenters. The van der Waals surface area contributed by atoms with E-state index in [9.17, 15) is 14.0 Å². The summed E-state index contributed by atoms with van der Waals surface area (Å²) in [5, 5.41) is 5.39. The van der Waals surface area contributed by atoms with Crippen molar-refractivity contribution in [3.63, 3.8) is 0 Å². The van der Waals surface area contributed by atoms with Gasteiger partial charge < -0.3 is 15.1 Å². The van der Waals surface area contributed by atoms with Crippen molar-refractivity contribution >= 4 is 28.6 Å². The Morgan fingerprint density at radius 3 is 2.76 bits per heavy atom. The summed E-state index contributed by atoms with van der Waals surface area (Å²) in [7, 11) is 0. The number of nitrogens with zero attached hydrogens (tertiary/aromatic N) is 1. The first-order valence-electron chi connectivity index (χ1n) is 7.85. The minimum atomic E-state index is -0.507. The Kier molecular flexibility index (Phi) is 3.68. The van der Waals surface area contributed by atoms with Crippen molar-refractivity contribution in [2.24, 2.45) is 0 Å². The van der Waals surface area contributed by atoms with Gasteiger partial charge in [-0.3, -0.25) is 9.59 Å². The van der Waals surface area contributed by atoms with E-state index in [1.807, 2.05) is 0 Å². The Hall–Kier alpha value is -3.22. The summed E-state index contributed by atoms with van der Waals surface area (Å²) in [4.78, 5) is 27.7. The number of fused-ring (bicyclic) bond motifs is 1. The molecule has 2 aromatic carbocycles.